The van der Waals surface area contributed by atoms with Crippen molar-refractivity contribution in [3.05, 3.63) is 51.5 Å². The van der Waals surface area contributed by atoms with E-state index in [2.05, 4.69) is 37.3 Å². The van der Waals surface area contributed by atoms with E-state index in [1.165, 1.54) is 17.0 Å². The van der Waals surface area contributed by atoms with E-state index < -0.39 is 0 Å². The number of rotatable bonds is 3. The van der Waals surface area contributed by atoms with Gasteiger partial charge in [0.1, 0.15) is 0 Å². The molecule has 0 amide bonds. The maximum Gasteiger partial charge on any atom is 0.307 e. The zero-order valence-electron chi connectivity index (χ0n) is 15.5. The van der Waals surface area contributed by atoms with Gasteiger partial charge in [-0.25, -0.2) is 15.0 Å². The van der Waals surface area contributed by atoms with Crippen LogP contribution in [0.4, 0.5) is 5.95 Å². The number of allylic oxidation sites excluding steroid dienone is 3. The van der Waals surface area contributed by atoms with Gasteiger partial charge in [0, 0.05) is 62.9 Å². The zero-order chi connectivity index (χ0) is 18.8. The van der Waals surface area contributed by atoms with Crippen LogP contribution in [0.25, 0.3) is 10.6 Å². The first-order valence-corrected chi connectivity index (χ1v) is 9.85. The highest BCUT2D eigenvalue weighted by molar-refractivity contribution is 7.13. The molecular weight excluding hydrogens is 360 g/mol. The Hall–Kier alpha value is -2.58. The number of aliphatic imine (C=N–C) groups is 1. The van der Waals surface area contributed by atoms with Gasteiger partial charge in [-0.2, -0.15) is 0 Å². The van der Waals surface area contributed by atoms with Gasteiger partial charge in [0.05, 0.1) is 10.6 Å². The van der Waals surface area contributed by atoms with Crippen LogP contribution in [0.5, 0.6) is 0 Å². The van der Waals surface area contributed by atoms with E-state index in [0.717, 1.165) is 54.6 Å². The molecule has 4 rings (SSSR count). The Morgan fingerprint density at radius 1 is 1.26 bits per heavy atom. The highest BCUT2D eigenvalue weighted by Crippen LogP contribution is 2.25. The molecule has 140 valence electrons. The smallest absolute Gasteiger partial charge is 0.307 e. The van der Waals surface area contributed by atoms with Crippen LogP contribution in [0.15, 0.2) is 46.0 Å². The van der Waals surface area contributed by atoms with Crippen molar-refractivity contribution in [3.63, 3.8) is 0 Å². The molecule has 0 spiro atoms. The van der Waals surface area contributed by atoms with Gasteiger partial charge >= 0.3 is 4.87 Å². The second-order valence-corrected chi connectivity index (χ2v) is 7.55. The Morgan fingerprint density at radius 3 is 2.74 bits per heavy atom. The Bertz CT molecular complexity index is 994. The second kappa shape index (κ2) is 7.58. The Kier molecular flexibility index (Phi) is 5.00. The van der Waals surface area contributed by atoms with Crippen molar-refractivity contribution in [1.29, 1.82) is 0 Å². The van der Waals surface area contributed by atoms with Crippen molar-refractivity contribution in [2.45, 2.75) is 13.3 Å². The lowest BCUT2D eigenvalue weighted by Crippen LogP contribution is -2.42. The highest BCUT2D eigenvalue weighted by atomic mass is 32.1. The lowest BCUT2D eigenvalue weighted by Gasteiger charge is -2.31. The summed E-state index contributed by atoms with van der Waals surface area (Å²) in [6, 6.07) is 1.82. The van der Waals surface area contributed by atoms with Crippen molar-refractivity contribution >= 4 is 23.0 Å². The third kappa shape index (κ3) is 3.77. The fraction of sp³-hybridized carbons (Fsp3) is 0.368. The van der Waals surface area contributed by atoms with Gasteiger partial charge in [0.25, 0.3) is 0 Å². The third-order valence-corrected chi connectivity index (χ3v) is 6.02. The number of thiazole rings is 1. The van der Waals surface area contributed by atoms with Crippen molar-refractivity contribution in [1.82, 2.24) is 24.8 Å². The molecule has 2 aromatic heterocycles. The van der Waals surface area contributed by atoms with Gasteiger partial charge in [-0.1, -0.05) is 17.4 Å². The molecule has 1 fully saturated rings. The van der Waals surface area contributed by atoms with Crippen molar-refractivity contribution in [2.75, 3.05) is 26.2 Å². The molecule has 2 aromatic rings. The van der Waals surface area contributed by atoms with Crippen molar-refractivity contribution in [3.8, 4) is 10.6 Å². The molecule has 1 aliphatic carbocycles. The predicted octanol–water partition coefficient (Wildman–Crippen LogP) is 2.03. The average molecular weight is 382 g/mol. The maximum atomic E-state index is 11.9. The molecule has 2 aliphatic rings. The van der Waals surface area contributed by atoms with Crippen LogP contribution in [0.3, 0.4) is 0 Å². The summed E-state index contributed by atoms with van der Waals surface area (Å²) in [5.74, 6) is 0.425. The van der Waals surface area contributed by atoms with Gasteiger partial charge in [-0.05, 0) is 25.1 Å². The molecule has 1 N–H and O–H groups in total. The molecule has 0 bridgehead atoms. The fourth-order valence-electron chi connectivity index (χ4n) is 3.18. The molecular formula is C19H22N6OS. The molecule has 0 unspecified atom stereocenters. The molecule has 1 saturated heterocycles. The van der Waals surface area contributed by atoms with Crippen LogP contribution < -0.4 is 10.2 Å². The predicted molar refractivity (Wildman–Crippen MR) is 109 cm³/mol. The van der Waals surface area contributed by atoms with Gasteiger partial charge in [0.15, 0.2) is 0 Å². The standard InChI is InChI=1S/C19H22N6OS/c1-13-17(27-19(26)24(13)2)16-7-8-21-18(23-16)22-14-3-5-15(6-4-14)25-11-9-20-10-12-25/h3,5-8,20H,4,9-12H2,1-2H3. The summed E-state index contributed by atoms with van der Waals surface area (Å²) < 4.78 is 1.64. The molecule has 0 aromatic carbocycles. The topological polar surface area (TPSA) is 75.4 Å². The average Bonchev–Trinajstić information content (AvgIpc) is 2.97. The summed E-state index contributed by atoms with van der Waals surface area (Å²) in [7, 11) is 1.77. The minimum absolute atomic E-state index is 0.00905. The molecule has 1 aliphatic heterocycles. The van der Waals surface area contributed by atoms with E-state index in [0.29, 0.717) is 5.95 Å². The van der Waals surface area contributed by atoms with Crippen LogP contribution in [0, 0.1) is 6.92 Å². The summed E-state index contributed by atoms with van der Waals surface area (Å²) >= 11 is 1.20. The van der Waals surface area contributed by atoms with E-state index in [-0.39, 0.29) is 4.87 Å². The highest BCUT2D eigenvalue weighted by Gasteiger charge is 2.15. The minimum Gasteiger partial charge on any atom is -0.369 e. The van der Waals surface area contributed by atoms with E-state index in [1.807, 2.05) is 19.1 Å². The largest absolute Gasteiger partial charge is 0.369 e. The summed E-state index contributed by atoms with van der Waals surface area (Å²) in [6.07, 6.45) is 8.83. The van der Waals surface area contributed by atoms with E-state index >= 15 is 0 Å². The quantitative estimate of drug-likeness (QED) is 0.879. The molecule has 7 nitrogen and oxygen atoms in total. The SMILES string of the molecule is Cc1c(-c2ccnc(N=C3C=CC(N4CCNCC4)=CC3)n2)sc(=O)n1C. The molecule has 27 heavy (non-hydrogen) atoms. The lowest BCUT2D eigenvalue weighted by molar-refractivity contribution is 0.306. The van der Waals surface area contributed by atoms with Crippen LogP contribution in [0.2, 0.25) is 0 Å². The first kappa shape index (κ1) is 17.8. The lowest BCUT2D eigenvalue weighted by atomic mass is 10.1. The van der Waals surface area contributed by atoms with Gasteiger partial charge in [0.2, 0.25) is 5.95 Å². The van der Waals surface area contributed by atoms with Crippen molar-refractivity contribution in [2.24, 2.45) is 12.0 Å². The summed E-state index contributed by atoms with van der Waals surface area (Å²) in [6.45, 7) is 6.04. The molecule has 0 saturated carbocycles. The van der Waals surface area contributed by atoms with E-state index in [9.17, 15) is 4.79 Å². The zero-order valence-corrected chi connectivity index (χ0v) is 16.3. The summed E-state index contributed by atoms with van der Waals surface area (Å²) in [5.41, 5.74) is 3.84. The van der Waals surface area contributed by atoms with Crippen LogP contribution >= 0.6 is 11.3 Å². The number of nitrogens with zero attached hydrogens (tertiary/aromatic N) is 5. The van der Waals surface area contributed by atoms with E-state index in [1.54, 1.807) is 17.8 Å². The summed E-state index contributed by atoms with van der Waals surface area (Å²) in [4.78, 5) is 28.6. The third-order valence-electron chi connectivity index (χ3n) is 4.86. The number of hydrogen-bond donors (Lipinski definition) is 1. The number of piperazine rings is 1. The minimum atomic E-state index is 0.00905. The Balaban J connectivity index is 1.53. The molecule has 0 radical (unpaired) electrons. The van der Waals surface area contributed by atoms with Gasteiger partial charge in [-0.3, -0.25) is 4.79 Å². The maximum absolute atomic E-state index is 11.9. The van der Waals surface area contributed by atoms with Crippen LogP contribution in [-0.4, -0.2) is 51.3 Å². The normalized spacial score (nSPS) is 18.8. The van der Waals surface area contributed by atoms with Gasteiger partial charge < -0.3 is 14.8 Å². The monoisotopic (exact) mass is 382 g/mol. The second-order valence-electron chi connectivity index (χ2n) is 6.59. The molecule has 0 atom stereocenters. The number of nitrogens with one attached hydrogen (secondary N) is 1. The van der Waals surface area contributed by atoms with Crippen molar-refractivity contribution < 1.29 is 0 Å². The van der Waals surface area contributed by atoms with Gasteiger partial charge in [-0.15, -0.1) is 0 Å². The van der Waals surface area contributed by atoms with Crippen LogP contribution in [0.1, 0.15) is 12.1 Å². The molecule has 8 heteroatoms. The first-order chi connectivity index (χ1) is 13.1. The number of aromatic nitrogens is 3. The van der Waals surface area contributed by atoms with E-state index in [4.69, 9.17) is 0 Å². The number of hydrogen-bond acceptors (Lipinski definition) is 7. The first-order valence-electron chi connectivity index (χ1n) is 9.03. The Morgan fingerprint density at radius 2 is 2.07 bits per heavy atom. The summed E-state index contributed by atoms with van der Waals surface area (Å²) in [5, 5.41) is 3.37. The van der Waals surface area contributed by atoms with Crippen LogP contribution in [-0.2, 0) is 7.05 Å². The fourth-order valence-corrected chi connectivity index (χ4v) is 4.13. The molecule has 3 heterocycles. The Labute approximate surface area is 161 Å².